The molecule has 0 amide bonds. The van der Waals surface area contributed by atoms with E-state index in [2.05, 4.69) is 44.1 Å². The predicted molar refractivity (Wildman–Crippen MR) is 90.4 cm³/mol. The molecule has 0 atom stereocenters. The Balaban J connectivity index is 2.08. The molecular formula is C11H16B5F4NO. The summed E-state index contributed by atoms with van der Waals surface area (Å²) in [6.07, 6.45) is -0.494. The molecule has 0 aliphatic carbocycles. The SMILES string of the molecule is BC(B)(B)C(B)(B)N1CC(Oc2c(F)c(F)cc(F)c2F)C1. The van der Waals surface area contributed by atoms with Crippen LogP contribution in [0.15, 0.2) is 6.07 Å². The molecule has 0 radical (unpaired) electrons. The van der Waals surface area contributed by atoms with Crippen LogP contribution in [-0.4, -0.2) is 68.7 Å². The second kappa shape index (κ2) is 5.58. The summed E-state index contributed by atoms with van der Waals surface area (Å²) in [7, 11) is 10.5. The average molecular weight is 308 g/mol. The van der Waals surface area contributed by atoms with Gasteiger partial charge in [0.1, 0.15) is 21.8 Å². The maximum absolute atomic E-state index is 13.6. The van der Waals surface area contributed by atoms with Gasteiger partial charge in [0.2, 0.25) is 11.6 Å². The van der Waals surface area contributed by atoms with E-state index in [4.69, 9.17) is 4.74 Å². The number of nitrogens with zero attached hydrogens (tertiary/aromatic N) is 1. The van der Waals surface area contributed by atoms with E-state index in [1.165, 1.54) is 0 Å². The summed E-state index contributed by atoms with van der Waals surface area (Å²) >= 11 is 0. The van der Waals surface area contributed by atoms with Crippen LogP contribution >= 0.6 is 0 Å². The fourth-order valence-electron chi connectivity index (χ4n) is 2.26. The van der Waals surface area contributed by atoms with Gasteiger partial charge in [-0.2, -0.15) is 8.78 Å². The Hall–Kier alpha value is -0.975. The van der Waals surface area contributed by atoms with Gasteiger partial charge in [0, 0.05) is 19.2 Å². The van der Waals surface area contributed by atoms with Gasteiger partial charge in [-0.1, -0.05) is 5.34 Å². The van der Waals surface area contributed by atoms with Crippen molar-refractivity contribution in [1.82, 2.24) is 4.90 Å². The topological polar surface area (TPSA) is 12.5 Å². The van der Waals surface area contributed by atoms with Gasteiger partial charge in [0.25, 0.3) is 0 Å². The third kappa shape index (κ3) is 2.92. The van der Waals surface area contributed by atoms with Crippen molar-refractivity contribution in [2.75, 3.05) is 13.1 Å². The molecule has 0 aromatic heterocycles. The molecule has 0 bridgehead atoms. The van der Waals surface area contributed by atoms with E-state index in [1.807, 2.05) is 0 Å². The zero-order valence-electron chi connectivity index (χ0n) is 13.4. The van der Waals surface area contributed by atoms with E-state index in [0.717, 1.165) is 0 Å². The summed E-state index contributed by atoms with van der Waals surface area (Å²) in [5.41, 5.74) is 0. The van der Waals surface area contributed by atoms with Gasteiger partial charge in [0.05, 0.1) is 23.5 Å². The number of rotatable bonds is 4. The van der Waals surface area contributed by atoms with Crippen LogP contribution in [0.5, 0.6) is 5.75 Å². The van der Waals surface area contributed by atoms with Crippen LogP contribution in [0.3, 0.4) is 0 Å². The minimum absolute atomic E-state index is 0.000562. The van der Waals surface area contributed by atoms with Gasteiger partial charge in [-0.25, -0.2) is 8.78 Å². The molecule has 0 N–H and O–H groups in total. The van der Waals surface area contributed by atoms with E-state index in [-0.39, 0.29) is 16.5 Å². The Bertz CT molecular complexity index is 563. The summed E-state index contributed by atoms with van der Waals surface area (Å²) in [6.45, 7) is 0.891. The highest BCUT2D eigenvalue weighted by Crippen LogP contribution is 2.34. The van der Waals surface area contributed by atoms with Crippen molar-refractivity contribution >= 4 is 39.2 Å². The summed E-state index contributed by atoms with van der Waals surface area (Å²) in [5, 5.41) is -0.142. The molecule has 1 fully saturated rings. The van der Waals surface area contributed by atoms with Gasteiger partial charge in [0.15, 0.2) is 17.4 Å². The van der Waals surface area contributed by atoms with Crippen molar-refractivity contribution in [3.63, 3.8) is 0 Å². The van der Waals surface area contributed by atoms with Gasteiger partial charge in [-0.05, 0) is 0 Å². The van der Waals surface area contributed by atoms with Crippen LogP contribution in [0, 0.1) is 23.3 Å². The zero-order chi connectivity index (χ0) is 16.9. The lowest BCUT2D eigenvalue weighted by Gasteiger charge is -2.55. The van der Waals surface area contributed by atoms with Crippen LogP contribution in [0.4, 0.5) is 17.6 Å². The molecule has 0 spiro atoms. The van der Waals surface area contributed by atoms with Crippen LogP contribution in [-0.2, 0) is 0 Å². The lowest BCUT2D eigenvalue weighted by atomic mass is 9.26. The Morgan fingerprint density at radius 3 is 1.82 bits per heavy atom. The molecule has 2 rings (SSSR count). The summed E-state index contributed by atoms with van der Waals surface area (Å²) in [6, 6.07) is 0.174. The van der Waals surface area contributed by atoms with Gasteiger partial charge in [-0.15, -0.1) is 5.11 Å². The van der Waals surface area contributed by atoms with Crippen molar-refractivity contribution in [3.05, 3.63) is 29.3 Å². The highest BCUT2D eigenvalue weighted by atomic mass is 19.2. The fraction of sp³-hybridized carbons (Fsp3) is 0.455. The number of hydrogen-bond acceptors (Lipinski definition) is 2. The van der Waals surface area contributed by atoms with Crippen LogP contribution in [0.2, 0.25) is 5.11 Å². The Labute approximate surface area is 132 Å². The molecule has 114 valence electrons. The van der Waals surface area contributed by atoms with Gasteiger partial charge in [-0.3, -0.25) is 0 Å². The number of benzene rings is 1. The molecular weight excluding hydrogens is 292 g/mol. The van der Waals surface area contributed by atoms with Crippen LogP contribution in [0.25, 0.3) is 0 Å². The molecule has 2 nitrogen and oxygen atoms in total. The number of likely N-dealkylation sites (tertiary alicyclic amines) is 1. The highest BCUT2D eigenvalue weighted by Gasteiger charge is 2.44. The molecule has 1 aliphatic rings. The van der Waals surface area contributed by atoms with Crippen LogP contribution in [0.1, 0.15) is 0 Å². The minimum atomic E-state index is -1.49. The summed E-state index contributed by atoms with van der Waals surface area (Å²) in [4.78, 5) is 2.11. The van der Waals surface area contributed by atoms with Crippen molar-refractivity contribution < 1.29 is 22.3 Å². The maximum atomic E-state index is 13.6. The van der Waals surface area contributed by atoms with E-state index < -0.39 is 35.1 Å². The normalized spacial score (nSPS) is 17.3. The van der Waals surface area contributed by atoms with Crippen molar-refractivity contribution in [2.45, 2.75) is 16.6 Å². The maximum Gasteiger partial charge on any atom is 0.203 e. The first-order valence-corrected chi connectivity index (χ1v) is 7.20. The third-order valence-electron chi connectivity index (χ3n) is 4.83. The smallest absolute Gasteiger partial charge is 0.203 e. The first kappa shape index (κ1) is 17.4. The quantitative estimate of drug-likeness (QED) is 0.338. The average Bonchev–Trinajstić information content (AvgIpc) is 2.32. The lowest BCUT2D eigenvalue weighted by molar-refractivity contribution is -0.00521. The van der Waals surface area contributed by atoms with E-state index in [1.54, 1.807) is 0 Å². The standard InChI is InChI=1S/C11H16B5F4NO/c12-10(13,14)11(15,16)21-2-4(3-21)22-9-7(19)5(17)1-6(18)8(9)20/h1,4H,2-3,12-16H2. The van der Waals surface area contributed by atoms with Crippen molar-refractivity contribution in [1.29, 1.82) is 0 Å². The van der Waals surface area contributed by atoms with Gasteiger partial charge >= 0.3 is 0 Å². The molecule has 1 aliphatic heterocycles. The zero-order valence-corrected chi connectivity index (χ0v) is 13.4. The second-order valence-corrected chi connectivity index (χ2v) is 7.25. The largest absolute Gasteiger partial charge is 0.481 e. The number of halogens is 4. The van der Waals surface area contributed by atoms with Crippen molar-refractivity contribution in [2.24, 2.45) is 0 Å². The molecule has 0 saturated carbocycles. The molecule has 1 aromatic rings. The Morgan fingerprint density at radius 1 is 0.955 bits per heavy atom. The molecule has 22 heavy (non-hydrogen) atoms. The third-order valence-corrected chi connectivity index (χ3v) is 4.83. The van der Waals surface area contributed by atoms with E-state index in [9.17, 15) is 17.6 Å². The monoisotopic (exact) mass is 309 g/mol. The fourth-order valence-corrected chi connectivity index (χ4v) is 2.26. The molecule has 1 aromatic carbocycles. The summed E-state index contributed by atoms with van der Waals surface area (Å²) < 4.78 is 58.6. The first-order valence-electron chi connectivity index (χ1n) is 7.20. The molecule has 1 heterocycles. The predicted octanol–water partition coefficient (Wildman–Crippen LogP) is -2.80. The summed E-state index contributed by atoms with van der Waals surface area (Å²) in [5.74, 6) is -6.88. The number of hydrogen-bond donors (Lipinski definition) is 0. The molecule has 11 heteroatoms. The van der Waals surface area contributed by atoms with Gasteiger partial charge < -0.3 is 9.64 Å². The first-order chi connectivity index (χ1) is 9.95. The van der Waals surface area contributed by atoms with E-state index in [0.29, 0.717) is 13.1 Å². The van der Waals surface area contributed by atoms with Crippen LogP contribution < -0.4 is 4.74 Å². The Morgan fingerprint density at radius 2 is 1.41 bits per heavy atom. The molecule has 0 unspecified atom stereocenters. The van der Waals surface area contributed by atoms with Crippen molar-refractivity contribution in [3.8, 4) is 5.75 Å². The highest BCUT2D eigenvalue weighted by molar-refractivity contribution is 6.67. The number of ether oxygens (including phenoxy) is 1. The lowest BCUT2D eigenvalue weighted by Crippen LogP contribution is -2.69. The Kier molecular flexibility index (Phi) is 4.41. The molecule has 1 saturated heterocycles. The second-order valence-electron chi connectivity index (χ2n) is 7.25. The van der Waals surface area contributed by atoms with E-state index >= 15 is 0 Å². The minimum Gasteiger partial charge on any atom is -0.481 e.